The number of sulfonamides is 1. The van der Waals surface area contributed by atoms with Crippen LogP contribution in [-0.2, 0) is 21.4 Å². The monoisotopic (exact) mass is 496 g/mol. The van der Waals surface area contributed by atoms with Crippen LogP contribution in [0.5, 0.6) is 0 Å². The molecule has 0 spiro atoms. The molecule has 1 aromatic heterocycles. The largest absolute Gasteiger partial charge is 0.459 e. The number of carbonyl (C=O) groups is 1. The van der Waals surface area contributed by atoms with Gasteiger partial charge >= 0.3 is 0 Å². The van der Waals surface area contributed by atoms with E-state index in [2.05, 4.69) is 10.0 Å². The molecule has 0 radical (unpaired) electrons. The number of benzene rings is 2. The van der Waals surface area contributed by atoms with Crippen LogP contribution < -0.4 is 10.0 Å². The van der Waals surface area contributed by atoms with Crippen molar-refractivity contribution in [3.8, 4) is 11.3 Å². The Bertz CT molecular complexity index is 1150. The lowest BCUT2D eigenvalue weighted by Crippen LogP contribution is -2.46. The van der Waals surface area contributed by atoms with Crippen molar-refractivity contribution in [1.82, 2.24) is 10.0 Å². The standard InChI is InChI=1S/C22H22ClFN2O4S2/c1-31-13-12-20(26-32(28,29)19-9-4-16(23)5-10-19)22(27)25-14-18-8-11-21(30-18)15-2-6-17(24)7-3-15/h2-11,20,26H,12-14H2,1H3,(H,25,27). The zero-order chi connectivity index (χ0) is 23.1. The van der Waals surface area contributed by atoms with Crippen molar-refractivity contribution in [3.05, 3.63) is 77.3 Å². The maximum atomic E-state index is 13.1. The smallest absolute Gasteiger partial charge is 0.241 e. The van der Waals surface area contributed by atoms with Gasteiger partial charge in [0.25, 0.3) is 0 Å². The van der Waals surface area contributed by atoms with Crippen molar-refractivity contribution in [1.29, 1.82) is 0 Å². The number of halogens is 2. The Kier molecular flexibility index (Phi) is 8.36. The molecular formula is C22H22ClFN2O4S2. The number of carbonyl (C=O) groups excluding carboxylic acids is 1. The van der Waals surface area contributed by atoms with Crippen molar-refractivity contribution in [3.63, 3.8) is 0 Å². The van der Waals surface area contributed by atoms with E-state index in [1.165, 1.54) is 48.2 Å². The molecule has 10 heteroatoms. The van der Waals surface area contributed by atoms with E-state index in [9.17, 15) is 17.6 Å². The maximum Gasteiger partial charge on any atom is 0.241 e. The van der Waals surface area contributed by atoms with Crippen molar-refractivity contribution < 1.29 is 22.0 Å². The van der Waals surface area contributed by atoms with Gasteiger partial charge in [0.2, 0.25) is 15.9 Å². The van der Waals surface area contributed by atoms with Crippen LogP contribution in [0.3, 0.4) is 0 Å². The first-order valence-electron chi connectivity index (χ1n) is 9.67. The fourth-order valence-corrected chi connectivity index (χ4v) is 4.72. The molecule has 0 saturated carbocycles. The molecule has 3 rings (SSSR count). The Hall–Kier alpha value is -2.33. The maximum absolute atomic E-state index is 13.1. The number of nitrogens with one attached hydrogen (secondary N) is 2. The minimum absolute atomic E-state index is 0.0267. The number of furan rings is 1. The van der Waals surface area contributed by atoms with Crippen LogP contribution >= 0.6 is 23.4 Å². The van der Waals surface area contributed by atoms with E-state index in [0.717, 1.165) is 0 Å². The number of amides is 1. The fraction of sp³-hybridized carbons (Fsp3) is 0.227. The molecule has 2 aromatic carbocycles. The van der Waals surface area contributed by atoms with E-state index in [4.69, 9.17) is 16.0 Å². The predicted octanol–water partition coefficient (Wildman–Crippen LogP) is 4.46. The van der Waals surface area contributed by atoms with E-state index >= 15 is 0 Å². The van der Waals surface area contributed by atoms with E-state index < -0.39 is 22.0 Å². The molecule has 6 nitrogen and oxygen atoms in total. The van der Waals surface area contributed by atoms with Gasteiger partial charge in [0.1, 0.15) is 23.4 Å². The zero-order valence-corrected chi connectivity index (χ0v) is 19.6. The van der Waals surface area contributed by atoms with E-state index in [1.807, 2.05) is 6.26 Å². The molecule has 170 valence electrons. The molecule has 0 aliphatic rings. The Labute approximate surface area is 195 Å². The Morgan fingerprint density at radius 3 is 2.44 bits per heavy atom. The highest BCUT2D eigenvalue weighted by atomic mass is 35.5. The summed E-state index contributed by atoms with van der Waals surface area (Å²) in [6, 6.07) is 14.1. The molecule has 1 atom stereocenters. The van der Waals surface area contributed by atoms with E-state index in [1.54, 1.807) is 24.3 Å². The molecule has 3 aromatic rings. The average Bonchev–Trinajstić information content (AvgIpc) is 3.24. The zero-order valence-electron chi connectivity index (χ0n) is 17.2. The molecule has 1 amide bonds. The Balaban J connectivity index is 1.66. The molecule has 0 fully saturated rings. The number of hydrogen-bond acceptors (Lipinski definition) is 5. The summed E-state index contributed by atoms with van der Waals surface area (Å²) in [5.41, 5.74) is 0.706. The summed E-state index contributed by atoms with van der Waals surface area (Å²) in [4.78, 5) is 12.8. The van der Waals surface area contributed by atoms with Gasteiger partial charge in [-0.1, -0.05) is 11.6 Å². The second-order valence-electron chi connectivity index (χ2n) is 6.90. The molecule has 1 heterocycles. The van der Waals surface area contributed by atoms with Crippen molar-refractivity contribution >= 4 is 39.3 Å². The first-order chi connectivity index (χ1) is 15.3. The van der Waals surface area contributed by atoms with Crippen LogP contribution in [0.25, 0.3) is 11.3 Å². The SMILES string of the molecule is CSCCC(NS(=O)(=O)c1ccc(Cl)cc1)C(=O)NCc1ccc(-c2ccc(F)cc2)o1. The molecule has 1 unspecified atom stereocenters. The highest BCUT2D eigenvalue weighted by molar-refractivity contribution is 7.98. The highest BCUT2D eigenvalue weighted by Crippen LogP contribution is 2.22. The topological polar surface area (TPSA) is 88.4 Å². The van der Waals surface area contributed by atoms with Gasteiger partial charge in [-0.15, -0.1) is 0 Å². The van der Waals surface area contributed by atoms with Gasteiger partial charge in [-0.05, 0) is 79.1 Å². The fourth-order valence-electron chi connectivity index (χ4n) is 2.89. The van der Waals surface area contributed by atoms with Gasteiger partial charge in [-0.3, -0.25) is 4.79 Å². The van der Waals surface area contributed by atoms with Crippen LogP contribution in [0.4, 0.5) is 4.39 Å². The normalized spacial score (nSPS) is 12.5. The van der Waals surface area contributed by atoms with Crippen LogP contribution in [0.15, 0.2) is 70.0 Å². The predicted molar refractivity (Wildman–Crippen MR) is 125 cm³/mol. The van der Waals surface area contributed by atoms with Crippen molar-refractivity contribution in [2.75, 3.05) is 12.0 Å². The third-order valence-electron chi connectivity index (χ3n) is 4.58. The summed E-state index contributed by atoms with van der Waals surface area (Å²) >= 11 is 7.34. The second-order valence-corrected chi connectivity index (χ2v) is 10.0. The summed E-state index contributed by atoms with van der Waals surface area (Å²) in [5, 5.41) is 3.13. The molecule has 0 aliphatic carbocycles. The quantitative estimate of drug-likeness (QED) is 0.433. The summed E-state index contributed by atoms with van der Waals surface area (Å²) in [6.07, 6.45) is 2.20. The van der Waals surface area contributed by atoms with Gasteiger partial charge in [0.15, 0.2) is 0 Å². The van der Waals surface area contributed by atoms with Gasteiger partial charge in [-0.25, -0.2) is 12.8 Å². The average molecular weight is 497 g/mol. The molecule has 0 saturated heterocycles. The van der Waals surface area contributed by atoms with Crippen molar-refractivity contribution in [2.24, 2.45) is 0 Å². The van der Waals surface area contributed by atoms with Gasteiger partial charge < -0.3 is 9.73 Å². The molecule has 0 aliphatic heterocycles. The van der Waals surface area contributed by atoms with Gasteiger partial charge in [-0.2, -0.15) is 16.5 Å². The summed E-state index contributed by atoms with van der Waals surface area (Å²) in [6.45, 7) is 0.0818. The van der Waals surface area contributed by atoms with E-state index in [0.29, 0.717) is 34.3 Å². The molecule has 2 N–H and O–H groups in total. The third-order valence-corrected chi connectivity index (χ3v) is 6.96. The first-order valence-corrected chi connectivity index (χ1v) is 12.9. The lowest BCUT2D eigenvalue weighted by Gasteiger charge is -2.18. The third kappa shape index (κ3) is 6.59. The second kappa shape index (κ2) is 11.0. The summed E-state index contributed by atoms with van der Waals surface area (Å²) < 4.78 is 46.7. The van der Waals surface area contributed by atoms with Crippen molar-refractivity contribution in [2.45, 2.75) is 23.9 Å². The number of thioether (sulfide) groups is 1. The molecule has 32 heavy (non-hydrogen) atoms. The minimum Gasteiger partial charge on any atom is -0.459 e. The van der Waals surface area contributed by atoms with Gasteiger partial charge in [0.05, 0.1) is 11.4 Å². The Morgan fingerprint density at radius 2 is 1.78 bits per heavy atom. The number of rotatable bonds is 10. The van der Waals surface area contributed by atoms with Crippen LogP contribution in [-0.4, -0.2) is 32.4 Å². The lowest BCUT2D eigenvalue weighted by molar-refractivity contribution is -0.123. The molecular weight excluding hydrogens is 475 g/mol. The summed E-state index contributed by atoms with van der Waals surface area (Å²) in [5.74, 6) is 0.816. The number of hydrogen-bond donors (Lipinski definition) is 2. The van der Waals surface area contributed by atoms with Crippen LogP contribution in [0.2, 0.25) is 5.02 Å². The first kappa shape index (κ1) is 24.3. The Morgan fingerprint density at radius 1 is 1.09 bits per heavy atom. The lowest BCUT2D eigenvalue weighted by atomic mass is 10.2. The molecule has 0 bridgehead atoms. The summed E-state index contributed by atoms with van der Waals surface area (Å²) in [7, 11) is -3.90. The minimum atomic E-state index is -3.90. The van der Waals surface area contributed by atoms with E-state index in [-0.39, 0.29) is 17.3 Å². The highest BCUT2D eigenvalue weighted by Gasteiger charge is 2.25. The van der Waals surface area contributed by atoms with Crippen LogP contribution in [0, 0.1) is 5.82 Å². The van der Waals surface area contributed by atoms with Gasteiger partial charge in [0, 0.05) is 10.6 Å². The van der Waals surface area contributed by atoms with Crippen LogP contribution in [0.1, 0.15) is 12.2 Å².